The van der Waals surface area contributed by atoms with Gasteiger partial charge in [0, 0.05) is 5.56 Å². The summed E-state index contributed by atoms with van der Waals surface area (Å²) in [6, 6.07) is 16.1. The molecule has 0 bridgehead atoms. The molecule has 3 aromatic heterocycles. The average Bonchev–Trinajstić information content (AvgIpc) is 3.35. The minimum absolute atomic E-state index is 0.0649. The second kappa shape index (κ2) is 7.59. The first-order chi connectivity index (χ1) is 15.0. The van der Waals surface area contributed by atoms with Crippen LogP contribution in [0.25, 0.3) is 32.4 Å². The van der Waals surface area contributed by atoms with Gasteiger partial charge in [0.2, 0.25) is 5.82 Å². The number of aromatic nitrogens is 4. The minimum Gasteiger partial charge on any atom is -0.333 e. The molecule has 0 saturated carbocycles. The van der Waals surface area contributed by atoms with Crippen LogP contribution >= 0.6 is 11.3 Å². The Bertz CT molecular complexity index is 1480. The van der Waals surface area contributed by atoms with Gasteiger partial charge in [0.25, 0.3) is 11.4 Å². The highest BCUT2D eigenvalue weighted by Crippen LogP contribution is 2.35. The SMILES string of the molecule is Cc1cccc(Cn2cnc3sc(-c4nc(-c5cccc(C)c5)no4)c(C)c3c2=O)c1. The number of fused-ring (bicyclic) bond motifs is 1. The second-order valence-electron chi connectivity index (χ2n) is 7.70. The highest BCUT2D eigenvalue weighted by atomic mass is 32.1. The zero-order valence-corrected chi connectivity index (χ0v) is 18.2. The van der Waals surface area contributed by atoms with Crippen molar-refractivity contribution < 1.29 is 4.52 Å². The van der Waals surface area contributed by atoms with Crippen molar-refractivity contribution in [2.75, 3.05) is 0 Å². The Balaban J connectivity index is 1.55. The molecule has 0 aliphatic carbocycles. The van der Waals surface area contributed by atoms with Crippen molar-refractivity contribution in [2.24, 2.45) is 0 Å². The predicted octanol–water partition coefficient (Wildman–Crippen LogP) is 5.15. The molecule has 0 saturated heterocycles. The number of benzene rings is 2. The van der Waals surface area contributed by atoms with Crippen LogP contribution in [0.4, 0.5) is 0 Å². The lowest BCUT2D eigenvalue weighted by molar-refractivity contribution is 0.433. The molecule has 0 atom stereocenters. The van der Waals surface area contributed by atoms with Gasteiger partial charge in [-0.05, 0) is 38.0 Å². The Kier molecular flexibility index (Phi) is 4.75. The maximum Gasteiger partial charge on any atom is 0.268 e. The molecule has 0 unspecified atom stereocenters. The molecule has 0 aliphatic heterocycles. The smallest absolute Gasteiger partial charge is 0.268 e. The van der Waals surface area contributed by atoms with Gasteiger partial charge in [0.1, 0.15) is 4.83 Å². The first-order valence-electron chi connectivity index (χ1n) is 9.95. The van der Waals surface area contributed by atoms with Gasteiger partial charge in [-0.25, -0.2) is 4.98 Å². The average molecular weight is 429 g/mol. The largest absolute Gasteiger partial charge is 0.333 e. The molecule has 0 fully saturated rings. The molecular formula is C24H20N4O2S. The molecule has 2 aromatic carbocycles. The number of hydrogen-bond acceptors (Lipinski definition) is 6. The van der Waals surface area contributed by atoms with Crippen LogP contribution in [0.5, 0.6) is 0 Å². The van der Waals surface area contributed by atoms with Gasteiger partial charge in [-0.3, -0.25) is 9.36 Å². The molecule has 31 heavy (non-hydrogen) atoms. The van der Waals surface area contributed by atoms with Crippen molar-refractivity contribution in [1.82, 2.24) is 19.7 Å². The maximum absolute atomic E-state index is 13.2. The van der Waals surface area contributed by atoms with Crippen LogP contribution in [0.1, 0.15) is 22.3 Å². The van der Waals surface area contributed by atoms with E-state index in [2.05, 4.69) is 21.2 Å². The van der Waals surface area contributed by atoms with Gasteiger partial charge in [0.05, 0.1) is 23.1 Å². The Morgan fingerprint density at radius 3 is 2.58 bits per heavy atom. The quantitative estimate of drug-likeness (QED) is 0.396. The lowest BCUT2D eigenvalue weighted by Gasteiger charge is -2.06. The van der Waals surface area contributed by atoms with E-state index in [9.17, 15) is 4.79 Å². The Morgan fingerprint density at radius 2 is 1.81 bits per heavy atom. The molecule has 0 amide bonds. The number of thiophene rings is 1. The lowest BCUT2D eigenvalue weighted by atomic mass is 10.1. The zero-order chi connectivity index (χ0) is 21.5. The van der Waals surface area contributed by atoms with Gasteiger partial charge in [0.15, 0.2) is 0 Å². The van der Waals surface area contributed by atoms with Crippen LogP contribution < -0.4 is 5.56 Å². The summed E-state index contributed by atoms with van der Waals surface area (Å²) in [7, 11) is 0. The monoisotopic (exact) mass is 428 g/mol. The van der Waals surface area contributed by atoms with Crippen molar-refractivity contribution in [3.8, 4) is 22.2 Å². The van der Waals surface area contributed by atoms with E-state index < -0.39 is 0 Å². The van der Waals surface area contributed by atoms with Crippen LogP contribution in [-0.2, 0) is 6.54 Å². The van der Waals surface area contributed by atoms with Crippen LogP contribution in [0, 0.1) is 20.8 Å². The molecule has 0 aliphatic rings. The van der Waals surface area contributed by atoms with Crippen LogP contribution in [0.15, 0.2) is 64.2 Å². The highest BCUT2D eigenvalue weighted by Gasteiger charge is 2.20. The summed E-state index contributed by atoms with van der Waals surface area (Å²) in [5.74, 6) is 0.932. The zero-order valence-electron chi connectivity index (χ0n) is 17.4. The summed E-state index contributed by atoms with van der Waals surface area (Å²) in [6.45, 7) is 6.45. The van der Waals surface area contributed by atoms with E-state index in [0.717, 1.165) is 32.7 Å². The summed E-state index contributed by atoms with van der Waals surface area (Å²) in [6.07, 6.45) is 1.61. The third-order valence-electron chi connectivity index (χ3n) is 5.25. The van der Waals surface area contributed by atoms with E-state index in [-0.39, 0.29) is 5.56 Å². The summed E-state index contributed by atoms with van der Waals surface area (Å²) in [5.41, 5.74) is 5.00. The van der Waals surface area contributed by atoms with E-state index in [4.69, 9.17) is 4.52 Å². The molecule has 0 spiro atoms. The lowest BCUT2D eigenvalue weighted by Crippen LogP contribution is -2.21. The van der Waals surface area contributed by atoms with Crippen molar-refractivity contribution in [3.63, 3.8) is 0 Å². The molecule has 5 rings (SSSR count). The fourth-order valence-corrected chi connectivity index (χ4v) is 4.76. The van der Waals surface area contributed by atoms with Crippen molar-refractivity contribution in [2.45, 2.75) is 27.3 Å². The third kappa shape index (κ3) is 3.57. The highest BCUT2D eigenvalue weighted by molar-refractivity contribution is 7.22. The minimum atomic E-state index is -0.0649. The number of aryl methyl sites for hydroxylation is 3. The fourth-order valence-electron chi connectivity index (χ4n) is 3.70. The van der Waals surface area contributed by atoms with Gasteiger partial charge in [-0.1, -0.05) is 58.7 Å². The maximum atomic E-state index is 13.2. The van der Waals surface area contributed by atoms with Crippen molar-refractivity contribution in [3.05, 3.63) is 87.5 Å². The Hall–Kier alpha value is -3.58. The van der Waals surface area contributed by atoms with E-state index in [1.807, 2.05) is 63.2 Å². The summed E-state index contributed by atoms with van der Waals surface area (Å²) >= 11 is 1.40. The van der Waals surface area contributed by atoms with Gasteiger partial charge < -0.3 is 4.52 Å². The molecule has 0 N–H and O–H groups in total. The van der Waals surface area contributed by atoms with Crippen molar-refractivity contribution in [1.29, 1.82) is 0 Å². The molecule has 7 heteroatoms. The molecule has 3 heterocycles. The summed E-state index contributed by atoms with van der Waals surface area (Å²) in [5, 5.41) is 4.74. The molecule has 0 radical (unpaired) electrons. The summed E-state index contributed by atoms with van der Waals surface area (Å²) < 4.78 is 7.19. The molecule has 5 aromatic rings. The van der Waals surface area contributed by atoms with E-state index in [0.29, 0.717) is 28.5 Å². The number of hydrogen-bond donors (Lipinski definition) is 0. The van der Waals surface area contributed by atoms with E-state index in [1.54, 1.807) is 10.9 Å². The van der Waals surface area contributed by atoms with Crippen LogP contribution in [-0.4, -0.2) is 19.7 Å². The van der Waals surface area contributed by atoms with Crippen molar-refractivity contribution >= 4 is 21.6 Å². The first-order valence-corrected chi connectivity index (χ1v) is 10.8. The van der Waals surface area contributed by atoms with Crippen LogP contribution in [0.3, 0.4) is 0 Å². The topological polar surface area (TPSA) is 73.8 Å². The number of nitrogens with zero attached hydrogens (tertiary/aromatic N) is 4. The van der Waals surface area contributed by atoms with E-state index >= 15 is 0 Å². The summed E-state index contributed by atoms with van der Waals surface area (Å²) in [4.78, 5) is 23.8. The number of rotatable bonds is 4. The normalized spacial score (nSPS) is 11.3. The van der Waals surface area contributed by atoms with E-state index in [1.165, 1.54) is 11.3 Å². The van der Waals surface area contributed by atoms with Gasteiger partial charge >= 0.3 is 0 Å². The molecular weight excluding hydrogens is 408 g/mol. The molecule has 6 nitrogen and oxygen atoms in total. The van der Waals surface area contributed by atoms with Gasteiger partial charge in [-0.15, -0.1) is 11.3 Å². The fraction of sp³-hybridized carbons (Fsp3) is 0.167. The second-order valence-corrected chi connectivity index (χ2v) is 8.69. The first kappa shape index (κ1) is 19.4. The Morgan fingerprint density at radius 1 is 1.03 bits per heavy atom. The van der Waals surface area contributed by atoms with Gasteiger partial charge in [-0.2, -0.15) is 4.98 Å². The standard InChI is InChI=1S/C24H20N4O2S/c1-14-6-4-8-17(10-14)12-28-13-25-23-19(24(28)29)16(3)20(31-23)22-26-21(27-30-22)18-9-5-7-15(2)11-18/h4-11,13H,12H2,1-3H3. The van der Waals surface area contributed by atoms with Crippen LogP contribution in [0.2, 0.25) is 0 Å². The predicted molar refractivity (Wildman–Crippen MR) is 122 cm³/mol. The molecule has 154 valence electrons. The Labute approximate surface area is 182 Å². The third-order valence-corrected chi connectivity index (χ3v) is 6.44.